The summed E-state index contributed by atoms with van der Waals surface area (Å²) in [6.07, 6.45) is 8.45. The van der Waals surface area contributed by atoms with E-state index in [-0.39, 0.29) is 5.91 Å². The lowest BCUT2D eigenvalue weighted by Gasteiger charge is -2.10. The fourth-order valence-corrected chi connectivity index (χ4v) is 3.88. The fraction of sp³-hybridized carbons (Fsp3) is 0.353. The molecular weight excluding hydrogens is 294 g/mol. The molecule has 5 heteroatoms. The monoisotopic (exact) mass is 313 g/mol. The van der Waals surface area contributed by atoms with Crippen molar-refractivity contribution < 1.29 is 4.79 Å². The molecule has 1 aromatic heterocycles. The first kappa shape index (κ1) is 15.0. The van der Waals surface area contributed by atoms with Gasteiger partial charge in [0.15, 0.2) is 0 Å². The summed E-state index contributed by atoms with van der Waals surface area (Å²) in [7, 11) is 0. The van der Waals surface area contributed by atoms with Gasteiger partial charge in [0.2, 0.25) is 0 Å². The Hall–Kier alpha value is -1.88. The van der Waals surface area contributed by atoms with E-state index in [4.69, 9.17) is 0 Å². The molecule has 0 unspecified atom stereocenters. The van der Waals surface area contributed by atoms with E-state index in [1.807, 2.05) is 23.9 Å². The van der Waals surface area contributed by atoms with Gasteiger partial charge in [-0.05, 0) is 44.0 Å². The minimum atomic E-state index is -0.221. The van der Waals surface area contributed by atoms with Crippen LogP contribution in [0.3, 0.4) is 0 Å². The molecule has 1 amide bonds. The molecule has 1 N–H and O–H groups in total. The second-order valence-electron chi connectivity index (χ2n) is 5.49. The van der Waals surface area contributed by atoms with Crippen LogP contribution in [-0.4, -0.2) is 21.1 Å². The summed E-state index contributed by atoms with van der Waals surface area (Å²) in [5.74, 6) is -0.221. The lowest BCUT2D eigenvalue weighted by molar-refractivity contribution is 0.102. The van der Waals surface area contributed by atoms with Gasteiger partial charge in [-0.1, -0.05) is 12.8 Å². The predicted octanol–water partition coefficient (Wildman–Crippen LogP) is 4.07. The summed E-state index contributed by atoms with van der Waals surface area (Å²) in [5.41, 5.74) is 1.78. The van der Waals surface area contributed by atoms with E-state index >= 15 is 0 Å². The molecule has 114 valence electrons. The molecule has 2 aromatic rings. The van der Waals surface area contributed by atoms with Crippen molar-refractivity contribution >= 4 is 23.4 Å². The maximum absolute atomic E-state index is 12.2. The predicted molar refractivity (Wildman–Crippen MR) is 89.3 cm³/mol. The highest BCUT2D eigenvalue weighted by molar-refractivity contribution is 8.00. The molecule has 0 bridgehead atoms. The number of aryl methyl sites for hydroxylation is 1. The number of anilines is 1. The van der Waals surface area contributed by atoms with Crippen molar-refractivity contribution in [3.63, 3.8) is 0 Å². The summed E-state index contributed by atoms with van der Waals surface area (Å²) in [4.78, 5) is 21.6. The summed E-state index contributed by atoms with van der Waals surface area (Å²) in [5, 5.41) is 3.62. The van der Waals surface area contributed by atoms with Crippen molar-refractivity contribution in [2.45, 2.75) is 42.8 Å². The summed E-state index contributed by atoms with van der Waals surface area (Å²) in [6, 6.07) is 8.03. The lowest BCUT2D eigenvalue weighted by atomic mass is 10.2. The highest BCUT2D eigenvalue weighted by Gasteiger charge is 2.16. The van der Waals surface area contributed by atoms with E-state index in [2.05, 4.69) is 27.4 Å². The third kappa shape index (κ3) is 3.65. The van der Waals surface area contributed by atoms with Gasteiger partial charge < -0.3 is 5.32 Å². The molecule has 22 heavy (non-hydrogen) atoms. The van der Waals surface area contributed by atoms with Gasteiger partial charge in [-0.2, -0.15) is 0 Å². The van der Waals surface area contributed by atoms with Crippen molar-refractivity contribution in [2.75, 3.05) is 5.32 Å². The molecule has 0 radical (unpaired) electrons. The van der Waals surface area contributed by atoms with Crippen LogP contribution in [0.5, 0.6) is 0 Å². The Balaban J connectivity index is 1.63. The number of amides is 1. The average Bonchev–Trinajstić information content (AvgIpc) is 3.02. The molecule has 1 aliphatic rings. The van der Waals surface area contributed by atoms with Gasteiger partial charge in [0, 0.05) is 28.2 Å². The average molecular weight is 313 g/mol. The van der Waals surface area contributed by atoms with Gasteiger partial charge in [-0.15, -0.1) is 11.8 Å². The van der Waals surface area contributed by atoms with Crippen LogP contribution < -0.4 is 5.32 Å². The number of carbonyl (C=O) groups excluding carboxylic acids is 1. The van der Waals surface area contributed by atoms with Crippen molar-refractivity contribution in [1.29, 1.82) is 0 Å². The number of nitrogens with one attached hydrogen (secondary N) is 1. The molecule has 1 heterocycles. The zero-order chi connectivity index (χ0) is 15.4. The van der Waals surface area contributed by atoms with Crippen LogP contribution in [0.2, 0.25) is 0 Å². The summed E-state index contributed by atoms with van der Waals surface area (Å²) in [6.45, 7) is 1.78. The largest absolute Gasteiger partial charge is 0.321 e. The number of thioether (sulfide) groups is 1. The molecule has 1 aliphatic carbocycles. The topological polar surface area (TPSA) is 54.9 Å². The van der Waals surface area contributed by atoms with Crippen LogP contribution in [0, 0.1) is 6.92 Å². The number of aromatic nitrogens is 2. The number of nitrogens with zero attached hydrogens (tertiary/aromatic N) is 2. The third-order valence-corrected chi connectivity index (χ3v) is 5.16. The number of rotatable bonds is 4. The van der Waals surface area contributed by atoms with Gasteiger partial charge in [0.1, 0.15) is 5.69 Å². The van der Waals surface area contributed by atoms with E-state index in [0.717, 1.165) is 10.9 Å². The number of carbonyl (C=O) groups is 1. The van der Waals surface area contributed by atoms with Crippen molar-refractivity contribution in [2.24, 2.45) is 0 Å². The highest BCUT2D eigenvalue weighted by atomic mass is 32.2. The molecule has 1 fully saturated rings. The molecule has 0 aliphatic heterocycles. The van der Waals surface area contributed by atoms with Gasteiger partial charge in [0.05, 0.1) is 5.69 Å². The maximum Gasteiger partial charge on any atom is 0.276 e. The quantitative estimate of drug-likeness (QED) is 0.924. The van der Waals surface area contributed by atoms with Crippen molar-refractivity contribution in [3.8, 4) is 0 Å². The van der Waals surface area contributed by atoms with Gasteiger partial charge in [0.25, 0.3) is 5.91 Å². The molecule has 1 saturated carbocycles. The SMILES string of the molecule is Cc1nccnc1C(=O)Nc1ccc(SC2CCCC2)cc1. The first-order valence-electron chi connectivity index (χ1n) is 7.58. The molecular formula is C17H19N3OS. The minimum Gasteiger partial charge on any atom is -0.321 e. The summed E-state index contributed by atoms with van der Waals surface area (Å²) < 4.78 is 0. The Morgan fingerprint density at radius 1 is 1.14 bits per heavy atom. The van der Waals surface area contributed by atoms with E-state index < -0.39 is 0 Å². The smallest absolute Gasteiger partial charge is 0.276 e. The van der Waals surface area contributed by atoms with Gasteiger partial charge in [-0.3, -0.25) is 9.78 Å². The zero-order valence-electron chi connectivity index (χ0n) is 12.6. The van der Waals surface area contributed by atoms with Crippen LogP contribution in [0.25, 0.3) is 0 Å². The Labute approximate surface area is 134 Å². The number of benzene rings is 1. The van der Waals surface area contributed by atoms with Gasteiger partial charge in [-0.25, -0.2) is 4.98 Å². The zero-order valence-corrected chi connectivity index (χ0v) is 13.4. The number of hydrogen-bond acceptors (Lipinski definition) is 4. The standard InChI is InChI=1S/C17H19N3OS/c1-12-16(19-11-10-18-12)17(21)20-13-6-8-15(9-7-13)22-14-4-2-3-5-14/h6-11,14H,2-5H2,1H3,(H,20,21). The normalized spacial score (nSPS) is 15.0. The van der Waals surface area contributed by atoms with Crippen molar-refractivity contribution in [3.05, 3.63) is 48.0 Å². The van der Waals surface area contributed by atoms with Crippen LogP contribution in [0.1, 0.15) is 41.9 Å². The van der Waals surface area contributed by atoms with E-state index in [0.29, 0.717) is 11.4 Å². The van der Waals surface area contributed by atoms with Gasteiger partial charge >= 0.3 is 0 Å². The highest BCUT2D eigenvalue weighted by Crippen LogP contribution is 2.34. The maximum atomic E-state index is 12.2. The van der Waals surface area contributed by atoms with E-state index in [9.17, 15) is 4.79 Å². The third-order valence-electron chi connectivity index (χ3n) is 3.81. The Morgan fingerprint density at radius 3 is 2.50 bits per heavy atom. The first-order chi connectivity index (χ1) is 10.7. The lowest BCUT2D eigenvalue weighted by Crippen LogP contribution is -2.15. The fourth-order valence-electron chi connectivity index (χ4n) is 2.64. The second kappa shape index (κ2) is 6.92. The molecule has 0 atom stereocenters. The molecule has 0 saturated heterocycles. The minimum absolute atomic E-state index is 0.221. The van der Waals surface area contributed by atoms with Crippen LogP contribution >= 0.6 is 11.8 Å². The first-order valence-corrected chi connectivity index (χ1v) is 8.46. The van der Waals surface area contributed by atoms with Crippen LogP contribution in [0.4, 0.5) is 5.69 Å². The molecule has 1 aromatic carbocycles. The van der Waals surface area contributed by atoms with Crippen LogP contribution in [0.15, 0.2) is 41.6 Å². The number of hydrogen-bond donors (Lipinski definition) is 1. The van der Waals surface area contributed by atoms with Crippen molar-refractivity contribution in [1.82, 2.24) is 9.97 Å². The Kier molecular flexibility index (Phi) is 4.73. The second-order valence-corrected chi connectivity index (χ2v) is 6.87. The van der Waals surface area contributed by atoms with E-state index in [1.54, 1.807) is 13.1 Å². The molecule has 0 spiro atoms. The summed E-state index contributed by atoms with van der Waals surface area (Å²) >= 11 is 1.94. The Bertz CT molecular complexity index is 651. The van der Waals surface area contributed by atoms with E-state index in [1.165, 1.54) is 36.8 Å². The Morgan fingerprint density at radius 2 is 1.82 bits per heavy atom. The molecule has 4 nitrogen and oxygen atoms in total. The molecule has 3 rings (SSSR count). The van der Waals surface area contributed by atoms with Crippen LogP contribution in [-0.2, 0) is 0 Å².